The first-order valence-electron chi connectivity index (χ1n) is 8.53. The zero-order valence-corrected chi connectivity index (χ0v) is 16.6. The number of methoxy groups -OCH3 is 2. The maximum atomic E-state index is 12.4. The molecule has 0 aliphatic carbocycles. The van der Waals surface area contributed by atoms with Gasteiger partial charge in [0.1, 0.15) is 0 Å². The number of hydrogen-bond acceptors (Lipinski definition) is 6. The third-order valence-electron chi connectivity index (χ3n) is 4.16. The van der Waals surface area contributed by atoms with Crippen molar-refractivity contribution in [2.75, 3.05) is 21.3 Å². The van der Waals surface area contributed by atoms with Crippen molar-refractivity contribution in [1.29, 1.82) is 0 Å². The van der Waals surface area contributed by atoms with Crippen molar-refractivity contribution in [3.8, 4) is 23.0 Å². The molecule has 3 aromatic rings. The normalized spacial score (nSPS) is 10.6. The zero-order valence-electron chi connectivity index (χ0n) is 15.8. The molecule has 1 amide bonds. The zero-order chi connectivity index (χ0) is 20.1. The highest BCUT2D eigenvalue weighted by Gasteiger charge is 2.16. The van der Waals surface area contributed by atoms with E-state index in [0.29, 0.717) is 33.9 Å². The number of benzene rings is 2. The Bertz CT molecular complexity index is 956. The van der Waals surface area contributed by atoms with E-state index in [1.54, 1.807) is 56.5 Å². The molecule has 0 radical (unpaired) electrons. The van der Waals surface area contributed by atoms with E-state index in [9.17, 15) is 4.79 Å². The molecule has 3 rings (SSSR count). The van der Waals surface area contributed by atoms with Crippen molar-refractivity contribution in [3.05, 3.63) is 58.9 Å². The lowest BCUT2D eigenvalue weighted by molar-refractivity contribution is -0.130. The van der Waals surface area contributed by atoms with E-state index >= 15 is 0 Å². The number of likely N-dealkylation sites (N-methyl/N-ethyl adjacent to an activating group) is 1. The summed E-state index contributed by atoms with van der Waals surface area (Å²) in [4.78, 5) is 13.9. The van der Waals surface area contributed by atoms with Gasteiger partial charge in [0, 0.05) is 17.6 Å². The summed E-state index contributed by atoms with van der Waals surface area (Å²) < 4.78 is 16.2. The minimum atomic E-state index is -0.0619. The Hall–Kier alpha value is -3.06. The van der Waals surface area contributed by atoms with Gasteiger partial charge in [0.2, 0.25) is 17.7 Å². The van der Waals surface area contributed by atoms with Crippen molar-refractivity contribution in [3.63, 3.8) is 0 Å². The van der Waals surface area contributed by atoms with E-state index in [1.807, 2.05) is 12.1 Å². The molecule has 0 bridgehead atoms. The molecule has 2 aromatic carbocycles. The van der Waals surface area contributed by atoms with Crippen LogP contribution in [0.15, 0.2) is 46.9 Å². The van der Waals surface area contributed by atoms with Crippen molar-refractivity contribution in [2.45, 2.75) is 13.0 Å². The number of ether oxygens (including phenoxy) is 2. The Kier molecular flexibility index (Phi) is 6.16. The second kappa shape index (κ2) is 8.75. The molecule has 8 heteroatoms. The molecule has 7 nitrogen and oxygen atoms in total. The summed E-state index contributed by atoms with van der Waals surface area (Å²) in [5, 5.41) is 8.73. The number of amides is 1. The molecule has 0 atom stereocenters. The van der Waals surface area contributed by atoms with Crippen molar-refractivity contribution < 1.29 is 18.7 Å². The molecular formula is C20H20ClN3O4. The van der Waals surface area contributed by atoms with Crippen molar-refractivity contribution >= 4 is 17.5 Å². The van der Waals surface area contributed by atoms with Crippen LogP contribution in [-0.4, -0.2) is 42.3 Å². The SMILES string of the molecule is COc1ccc(-c2nnc(CN(C)C(=O)Cc3ccc(Cl)cc3)o2)cc1OC. The third-order valence-corrected chi connectivity index (χ3v) is 4.42. The van der Waals surface area contributed by atoms with E-state index in [2.05, 4.69) is 10.2 Å². The van der Waals surface area contributed by atoms with Gasteiger partial charge in [0.25, 0.3) is 0 Å². The summed E-state index contributed by atoms with van der Waals surface area (Å²) in [7, 11) is 4.82. The van der Waals surface area contributed by atoms with Gasteiger partial charge in [-0.15, -0.1) is 10.2 Å². The van der Waals surface area contributed by atoms with Gasteiger partial charge >= 0.3 is 0 Å². The quantitative estimate of drug-likeness (QED) is 0.601. The average Bonchev–Trinajstić information content (AvgIpc) is 3.17. The number of rotatable bonds is 7. The fourth-order valence-corrected chi connectivity index (χ4v) is 2.73. The molecule has 0 saturated carbocycles. The Morgan fingerprint density at radius 1 is 1.07 bits per heavy atom. The maximum absolute atomic E-state index is 12.4. The summed E-state index contributed by atoms with van der Waals surface area (Å²) in [6.45, 7) is 0.215. The monoisotopic (exact) mass is 401 g/mol. The van der Waals surface area contributed by atoms with Crippen molar-refractivity contribution in [1.82, 2.24) is 15.1 Å². The van der Waals surface area contributed by atoms with E-state index in [4.69, 9.17) is 25.5 Å². The number of aromatic nitrogens is 2. The molecule has 28 heavy (non-hydrogen) atoms. The Labute approximate surface area is 167 Å². The summed E-state index contributed by atoms with van der Waals surface area (Å²) >= 11 is 5.87. The first-order valence-corrected chi connectivity index (χ1v) is 8.91. The minimum Gasteiger partial charge on any atom is -0.493 e. The standard InChI is InChI=1S/C20H20ClN3O4/c1-24(19(25)10-13-4-7-15(21)8-5-13)12-18-22-23-20(28-18)14-6-9-16(26-2)17(11-14)27-3/h4-9,11H,10,12H2,1-3H3. The van der Waals surface area contributed by atoms with Crippen LogP contribution in [0.5, 0.6) is 11.5 Å². The van der Waals surface area contributed by atoms with Crippen LogP contribution in [0.3, 0.4) is 0 Å². The summed E-state index contributed by atoms with van der Waals surface area (Å²) in [6.07, 6.45) is 0.268. The van der Waals surface area contributed by atoms with Gasteiger partial charge in [0.05, 0.1) is 27.2 Å². The second-order valence-electron chi connectivity index (χ2n) is 6.12. The first kappa shape index (κ1) is 19.7. The highest BCUT2D eigenvalue weighted by molar-refractivity contribution is 6.30. The van der Waals surface area contributed by atoms with E-state index in [1.165, 1.54) is 0 Å². The third kappa shape index (κ3) is 4.61. The van der Waals surface area contributed by atoms with E-state index in [0.717, 1.165) is 5.56 Å². The van der Waals surface area contributed by atoms with Crippen LogP contribution in [0.4, 0.5) is 0 Å². The van der Waals surface area contributed by atoms with Gasteiger partial charge in [-0.3, -0.25) is 4.79 Å². The number of nitrogens with zero attached hydrogens (tertiary/aromatic N) is 3. The molecule has 0 saturated heterocycles. The fraction of sp³-hybridized carbons (Fsp3) is 0.250. The van der Waals surface area contributed by atoms with Gasteiger partial charge in [-0.25, -0.2) is 0 Å². The number of carbonyl (C=O) groups is 1. The van der Waals surface area contributed by atoms with Crippen LogP contribution < -0.4 is 9.47 Å². The Morgan fingerprint density at radius 2 is 1.79 bits per heavy atom. The predicted octanol–water partition coefficient (Wildman–Crippen LogP) is 3.61. The minimum absolute atomic E-state index is 0.0619. The van der Waals surface area contributed by atoms with Crippen LogP contribution >= 0.6 is 11.6 Å². The number of carbonyl (C=O) groups excluding carboxylic acids is 1. The average molecular weight is 402 g/mol. The first-order chi connectivity index (χ1) is 13.5. The lowest BCUT2D eigenvalue weighted by Crippen LogP contribution is -2.27. The van der Waals surface area contributed by atoms with Gasteiger partial charge in [-0.2, -0.15) is 0 Å². The molecule has 0 aliphatic heterocycles. The lowest BCUT2D eigenvalue weighted by atomic mass is 10.1. The van der Waals surface area contributed by atoms with Crippen LogP contribution in [0.25, 0.3) is 11.5 Å². The summed E-state index contributed by atoms with van der Waals surface area (Å²) in [6, 6.07) is 12.5. The molecular weight excluding hydrogens is 382 g/mol. The summed E-state index contributed by atoms with van der Waals surface area (Å²) in [5.74, 6) is 1.80. The maximum Gasteiger partial charge on any atom is 0.247 e. The van der Waals surface area contributed by atoms with Gasteiger partial charge in [-0.1, -0.05) is 23.7 Å². The second-order valence-corrected chi connectivity index (χ2v) is 6.56. The molecule has 0 aliphatic rings. The van der Waals surface area contributed by atoms with Gasteiger partial charge in [-0.05, 0) is 35.9 Å². The molecule has 0 unspecified atom stereocenters. The smallest absolute Gasteiger partial charge is 0.247 e. The molecule has 146 valence electrons. The van der Waals surface area contributed by atoms with Crippen LogP contribution in [0.1, 0.15) is 11.5 Å². The topological polar surface area (TPSA) is 77.7 Å². The molecule has 1 heterocycles. The van der Waals surface area contributed by atoms with Crippen molar-refractivity contribution in [2.24, 2.45) is 0 Å². The number of hydrogen-bond donors (Lipinski definition) is 0. The Morgan fingerprint density at radius 3 is 2.46 bits per heavy atom. The Balaban J connectivity index is 1.66. The highest BCUT2D eigenvalue weighted by atomic mass is 35.5. The molecule has 0 fully saturated rings. The van der Waals surface area contributed by atoms with Crippen LogP contribution in [-0.2, 0) is 17.8 Å². The van der Waals surface area contributed by atoms with Crippen LogP contribution in [0, 0.1) is 0 Å². The fourth-order valence-electron chi connectivity index (χ4n) is 2.61. The summed E-state index contributed by atoms with van der Waals surface area (Å²) in [5.41, 5.74) is 1.59. The largest absolute Gasteiger partial charge is 0.493 e. The molecule has 0 N–H and O–H groups in total. The van der Waals surface area contributed by atoms with Gasteiger partial charge in [0.15, 0.2) is 11.5 Å². The lowest BCUT2D eigenvalue weighted by Gasteiger charge is -2.14. The number of halogens is 1. The van der Waals surface area contributed by atoms with E-state index < -0.39 is 0 Å². The predicted molar refractivity (Wildman–Crippen MR) is 104 cm³/mol. The highest BCUT2D eigenvalue weighted by Crippen LogP contribution is 2.31. The van der Waals surface area contributed by atoms with Gasteiger partial charge < -0.3 is 18.8 Å². The van der Waals surface area contributed by atoms with Crippen LogP contribution in [0.2, 0.25) is 5.02 Å². The molecule has 0 spiro atoms. The molecule has 1 aromatic heterocycles. The van der Waals surface area contributed by atoms with E-state index in [-0.39, 0.29) is 18.9 Å².